The lowest BCUT2D eigenvalue weighted by Crippen LogP contribution is -2.38. The van der Waals surface area contributed by atoms with Crippen molar-refractivity contribution < 1.29 is 0 Å². The molecule has 0 radical (unpaired) electrons. The lowest BCUT2D eigenvalue weighted by molar-refractivity contribution is 0.547. The standard InChI is InChI=1S/C7H12N4S/c1-6(10-7(8)12)4-11-3-2-9-5-11/h2-3,5-6H,4H2,1H3,(H3,8,10,12). The molecule has 0 aliphatic carbocycles. The third-order valence-electron chi connectivity index (χ3n) is 1.43. The first kappa shape index (κ1) is 8.99. The van der Waals surface area contributed by atoms with Crippen LogP contribution in [0, 0.1) is 0 Å². The van der Waals surface area contributed by atoms with Crippen molar-refractivity contribution in [3.05, 3.63) is 18.7 Å². The number of imidazole rings is 1. The van der Waals surface area contributed by atoms with Crippen molar-refractivity contribution >= 4 is 17.3 Å². The molecule has 0 bridgehead atoms. The third kappa shape index (κ3) is 2.87. The van der Waals surface area contributed by atoms with Gasteiger partial charge in [-0.15, -0.1) is 0 Å². The average Bonchev–Trinajstić information content (AvgIpc) is 2.37. The highest BCUT2D eigenvalue weighted by Crippen LogP contribution is 1.90. The average molecular weight is 184 g/mol. The summed E-state index contributed by atoms with van der Waals surface area (Å²) in [6.45, 7) is 2.83. The maximum absolute atomic E-state index is 5.32. The fourth-order valence-corrected chi connectivity index (χ4v) is 1.20. The van der Waals surface area contributed by atoms with Crippen LogP contribution in [0.15, 0.2) is 18.7 Å². The molecule has 0 saturated carbocycles. The molecule has 12 heavy (non-hydrogen) atoms. The van der Waals surface area contributed by atoms with E-state index < -0.39 is 0 Å². The van der Waals surface area contributed by atoms with E-state index in [1.54, 1.807) is 12.5 Å². The summed E-state index contributed by atoms with van der Waals surface area (Å²) in [4.78, 5) is 3.93. The predicted molar refractivity (Wildman–Crippen MR) is 51.6 cm³/mol. The van der Waals surface area contributed by atoms with Gasteiger partial charge in [-0.3, -0.25) is 0 Å². The van der Waals surface area contributed by atoms with Gasteiger partial charge in [0.1, 0.15) is 0 Å². The summed E-state index contributed by atoms with van der Waals surface area (Å²) in [5, 5.41) is 3.28. The van der Waals surface area contributed by atoms with Crippen molar-refractivity contribution in [1.29, 1.82) is 0 Å². The van der Waals surface area contributed by atoms with Gasteiger partial charge in [0.25, 0.3) is 0 Å². The topological polar surface area (TPSA) is 55.9 Å². The molecule has 1 aromatic rings. The van der Waals surface area contributed by atoms with Crippen LogP contribution in [-0.2, 0) is 6.54 Å². The van der Waals surface area contributed by atoms with Crippen molar-refractivity contribution in [3.63, 3.8) is 0 Å². The van der Waals surface area contributed by atoms with Gasteiger partial charge in [0, 0.05) is 25.0 Å². The van der Waals surface area contributed by atoms with Crippen LogP contribution < -0.4 is 11.1 Å². The number of hydrogen-bond donors (Lipinski definition) is 2. The molecule has 4 nitrogen and oxygen atoms in total. The van der Waals surface area contributed by atoms with E-state index in [2.05, 4.69) is 10.3 Å². The summed E-state index contributed by atoms with van der Waals surface area (Å²) >= 11 is 4.71. The van der Waals surface area contributed by atoms with E-state index in [1.165, 1.54) is 0 Å². The zero-order valence-electron chi connectivity index (χ0n) is 6.90. The Bertz CT molecular complexity index is 244. The second kappa shape index (κ2) is 4.06. The molecule has 66 valence electrons. The molecule has 1 rings (SSSR count). The van der Waals surface area contributed by atoms with E-state index in [0.29, 0.717) is 5.11 Å². The molecular weight excluding hydrogens is 172 g/mol. The molecule has 0 saturated heterocycles. The lowest BCUT2D eigenvalue weighted by atomic mass is 10.3. The van der Waals surface area contributed by atoms with Crippen molar-refractivity contribution in [2.45, 2.75) is 19.5 Å². The number of rotatable bonds is 3. The van der Waals surface area contributed by atoms with Gasteiger partial charge in [-0.1, -0.05) is 0 Å². The summed E-state index contributed by atoms with van der Waals surface area (Å²) in [6, 6.07) is 0.233. The van der Waals surface area contributed by atoms with Crippen LogP contribution in [0.3, 0.4) is 0 Å². The van der Waals surface area contributed by atoms with Gasteiger partial charge in [-0.05, 0) is 19.1 Å². The smallest absolute Gasteiger partial charge is 0.163 e. The largest absolute Gasteiger partial charge is 0.376 e. The second-order valence-electron chi connectivity index (χ2n) is 2.67. The van der Waals surface area contributed by atoms with Crippen LogP contribution in [0.5, 0.6) is 0 Å². The van der Waals surface area contributed by atoms with E-state index in [4.69, 9.17) is 18.0 Å². The first-order valence-corrected chi connectivity index (χ1v) is 4.11. The summed E-state index contributed by atoms with van der Waals surface area (Å²) < 4.78 is 1.97. The minimum Gasteiger partial charge on any atom is -0.376 e. The number of hydrogen-bond acceptors (Lipinski definition) is 2. The van der Waals surface area contributed by atoms with Crippen LogP contribution in [0.2, 0.25) is 0 Å². The summed E-state index contributed by atoms with van der Waals surface area (Å²) in [5.41, 5.74) is 5.32. The minimum atomic E-state index is 0.233. The second-order valence-corrected chi connectivity index (χ2v) is 3.11. The van der Waals surface area contributed by atoms with E-state index in [-0.39, 0.29) is 6.04 Å². The highest BCUT2D eigenvalue weighted by molar-refractivity contribution is 7.80. The highest BCUT2D eigenvalue weighted by Gasteiger charge is 2.01. The maximum Gasteiger partial charge on any atom is 0.163 e. The lowest BCUT2D eigenvalue weighted by Gasteiger charge is -2.13. The number of nitrogens with one attached hydrogen (secondary N) is 1. The first-order chi connectivity index (χ1) is 5.68. The fourth-order valence-electron chi connectivity index (χ4n) is 0.999. The van der Waals surface area contributed by atoms with E-state index in [0.717, 1.165) is 6.54 Å². The molecule has 0 aromatic carbocycles. The number of nitrogens with two attached hydrogens (primary N) is 1. The van der Waals surface area contributed by atoms with Gasteiger partial charge >= 0.3 is 0 Å². The molecule has 0 spiro atoms. The van der Waals surface area contributed by atoms with Gasteiger partial charge in [-0.25, -0.2) is 4.98 Å². The van der Waals surface area contributed by atoms with Crippen LogP contribution in [-0.4, -0.2) is 20.7 Å². The Morgan fingerprint density at radius 3 is 3.08 bits per heavy atom. The number of thiocarbonyl (C=S) groups is 1. The zero-order chi connectivity index (χ0) is 8.97. The number of aromatic nitrogens is 2. The molecule has 0 amide bonds. The SMILES string of the molecule is CC(Cn1ccnc1)NC(N)=S. The summed E-state index contributed by atoms with van der Waals surface area (Å²) in [5.74, 6) is 0. The Balaban J connectivity index is 2.36. The van der Waals surface area contributed by atoms with Crippen molar-refractivity contribution in [1.82, 2.24) is 14.9 Å². The minimum absolute atomic E-state index is 0.233. The van der Waals surface area contributed by atoms with Crippen LogP contribution in [0.1, 0.15) is 6.92 Å². The maximum atomic E-state index is 5.32. The van der Waals surface area contributed by atoms with Gasteiger partial charge in [0.05, 0.1) is 6.33 Å². The molecule has 5 heteroatoms. The van der Waals surface area contributed by atoms with Crippen molar-refractivity contribution in [2.24, 2.45) is 5.73 Å². The molecular formula is C7H12N4S. The Kier molecular flexibility index (Phi) is 3.04. The molecule has 0 aliphatic heterocycles. The molecule has 1 unspecified atom stereocenters. The van der Waals surface area contributed by atoms with Crippen LogP contribution in [0.25, 0.3) is 0 Å². The summed E-state index contributed by atoms with van der Waals surface area (Å²) in [6.07, 6.45) is 5.41. The third-order valence-corrected chi connectivity index (χ3v) is 1.55. The molecule has 1 heterocycles. The fraction of sp³-hybridized carbons (Fsp3) is 0.429. The quantitative estimate of drug-likeness (QED) is 0.654. The Hall–Kier alpha value is -1.10. The van der Waals surface area contributed by atoms with Gasteiger partial charge in [-0.2, -0.15) is 0 Å². The monoisotopic (exact) mass is 184 g/mol. The van der Waals surface area contributed by atoms with Gasteiger partial charge in [0.2, 0.25) is 0 Å². The van der Waals surface area contributed by atoms with Crippen LogP contribution in [0.4, 0.5) is 0 Å². The molecule has 1 atom stereocenters. The van der Waals surface area contributed by atoms with E-state index in [1.807, 2.05) is 17.7 Å². The van der Waals surface area contributed by atoms with Crippen molar-refractivity contribution in [2.75, 3.05) is 0 Å². The van der Waals surface area contributed by atoms with Crippen molar-refractivity contribution in [3.8, 4) is 0 Å². The molecule has 1 aromatic heterocycles. The Morgan fingerprint density at radius 1 is 1.83 bits per heavy atom. The van der Waals surface area contributed by atoms with Gasteiger partial charge in [0.15, 0.2) is 5.11 Å². The van der Waals surface area contributed by atoms with Gasteiger partial charge < -0.3 is 15.6 Å². The van der Waals surface area contributed by atoms with E-state index >= 15 is 0 Å². The first-order valence-electron chi connectivity index (χ1n) is 3.70. The molecule has 0 fully saturated rings. The van der Waals surface area contributed by atoms with Crippen LogP contribution >= 0.6 is 12.2 Å². The normalized spacial score (nSPS) is 12.4. The van der Waals surface area contributed by atoms with E-state index in [9.17, 15) is 0 Å². The highest BCUT2D eigenvalue weighted by atomic mass is 32.1. The Labute approximate surface area is 76.8 Å². The summed E-state index contributed by atoms with van der Waals surface area (Å²) in [7, 11) is 0. The number of nitrogens with zero attached hydrogens (tertiary/aromatic N) is 2. The Morgan fingerprint density at radius 2 is 2.58 bits per heavy atom. The molecule has 0 aliphatic rings. The predicted octanol–water partition coefficient (Wildman–Crippen LogP) is 0.105. The molecule has 3 N–H and O–H groups in total. The zero-order valence-corrected chi connectivity index (χ0v) is 7.71.